The predicted octanol–water partition coefficient (Wildman–Crippen LogP) is 1.13. The van der Waals surface area contributed by atoms with Crippen LogP contribution in [0.1, 0.15) is 23.7 Å². The molecule has 1 aliphatic rings. The van der Waals surface area contributed by atoms with Crippen LogP contribution in [0.25, 0.3) is 0 Å². The molecule has 1 unspecified atom stereocenters. The maximum absolute atomic E-state index is 12.5. The first-order valence-corrected chi connectivity index (χ1v) is 6.69. The molecule has 0 radical (unpaired) electrons. The molecule has 0 bridgehead atoms. The number of hydrazine groups is 1. The zero-order valence-electron chi connectivity index (χ0n) is 11.7. The third-order valence-electron chi connectivity index (χ3n) is 3.34. The van der Waals surface area contributed by atoms with Crippen LogP contribution in [0.5, 0.6) is 0 Å². The highest BCUT2D eigenvalue weighted by Crippen LogP contribution is 2.25. The molecule has 1 aromatic rings. The molecule has 0 saturated carbocycles. The van der Waals surface area contributed by atoms with Crippen LogP contribution in [-0.4, -0.2) is 41.5 Å². The van der Waals surface area contributed by atoms with Crippen LogP contribution in [0, 0.1) is 10.1 Å². The first-order valence-electron chi connectivity index (χ1n) is 6.69. The summed E-state index contributed by atoms with van der Waals surface area (Å²) in [6.07, 6.45) is 0.706. The van der Waals surface area contributed by atoms with Crippen LogP contribution >= 0.6 is 0 Å². The number of nitrogens with zero attached hydrogens (tertiary/aromatic N) is 2. The van der Waals surface area contributed by atoms with Crippen LogP contribution in [0.3, 0.4) is 0 Å². The Morgan fingerprint density at radius 2 is 2.33 bits per heavy atom. The number of hydrogen-bond donors (Lipinski definition) is 2. The summed E-state index contributed by atoms with van der Waals surface area (Å²) in [5, 5.41) is 11.0. The Morgan fingerprint density at radius 1 is 1.57 bits per heavy atom. The SMILES string of the molecule is CC1CN(C(=O)c2ccc(NN)c([N+](=O)[O-])c2)CCCO1. The van der Waals surface area contributed by atoms with Gasteiger partial charge in [0.2, 0.25) is 0 Å². The van der Waals surface area contributed by atoms with Crippen LogP contribution in [0.15, 0.2) is 18.2 Å². The van der Waals surface area contributed by atoms with Gasteiger partial charge in [0, 0.05) is 31.3 Å². The van der Waals surface area contributed by atoms with E-state index in [-0.39, 0.29) is 28.9 Å². The number of nitrogens with two attached hydrogens (primary N) is 1. The minimum absolute atomic E-state index is 0.0450. The van der Waals surface area contributed by atoms with Gasteiger partial charge >= 0.3 is 0 Å². The number of anilines is 1. The lowest BCUT2D eigenvalue weighted by Gasteiger charge is -2.22. The summed E-state index contributed by atoms with van der Waals surface area (Å²) >= 11 is 0. The summed E-state index contributed by atoms with van der Waals surface area (Å²) in [4.78, 5) is 24.6. The summed E-state index contributed by atoms with van der Waals surface area (Å²) in [5.41, 5.74) is 2.48. The van der Waals surface area contributed by atoms with Gasteiger partial charge in [-0.3, -0.25) is 20.8 Å². The maximum atomic E-state index is 12.5. The average Bonchev–Trinajstić information content (AvgIpc) is 2.70. The van der Waals surface area contributed by atoms with Gasteiger partial charge in [-0.25, -0.2) is 0 Å². The minimum atomic E-state index is -0.569. The average molecular weight is 294 g/mol. The number of ether oxygens (including phenoxy) is 1. The third-order valence-corrected chi connectivity index (χ3v) is 3.34. The van der Waals surface area contributed by atoms with Crippen LogP contribution in [0.2, 0.25) is 0 Å². The van der Waals surface area contributed by atoms with E-state index in [4.69, 9.17) is 10.6 Å². The maximum Gasteiger partial charge on any atom is 0.294 e. The molecule has 1 fully saturated rings. The van der Waals surface area contributed by atoms with Gasteiger partial charge in [-0.1, -0.05) is 0 Å². The zero-order valence-corrected chi connectivity index (χ0v) is 11.7. The number of nitrogen functional groups attached to an aromatic ring is 1. The van der Waals surface area contributed by atoms with Crippen molar-refractivity contribution in [3.8, 4) is 0 Å². The second-order valence-corrected chi connectivity index (χ2v) is 4.92. The summed E-state index contributed by atoms with van der Waals surface area (Å²) in [6, 6.07) is 4.21. The van der Waals surface area contributed by atoms with Gasteiger partial charge in [-0.15, -0.1) is 0 Å². The van der Waals surface area contributed by atoms with Crippen molar-refractivity contribution < 1.29 is 14.5 Å². The van der Waals surface area contributed by atoms with Crippen molar-refractivity contribution in [1.29, 1.82) is 0 Å². The van der Waals surface area contributed by atoms with Crippen molar-refractivity contribution in [3.63, 3.8) is 0 Å². The number of benzene rings is 1. The van der Waals surface area contributed by atoms with Gasteiger partial charge in [0.25, 0.3) is 11.6 Å². The number of hydrogen-bond acceptors (Lipinski definition) is 6. The van der Waals surface area contributed by atoms with Crippen molar-refractivity contribution in [2.45, 2.75) is 19.4 Å². The summed E-state index contributed by atoms with van der Waals surface area (Å²) < 4.78 is 5.49. The standard InChI is InChI=1S/C13H18N4O4/c1-9-8-16(5-2-6-21-9)13(18)10-3-4-11(15-14)12(7-10)17(19)20/h3-4,7,9,15H,2,5-6,8,14H2,1H3. The monoisotopic (exact) mass is 294 g/mol. The molecule has 8 heteroatoms. The number of carbonyl (C=O) groups excluding carboxylic acids is 1. The molecule has 8 nitrogen and oxygen atoms in total. The molecule has 2 rings (SSSR count). The number of nitro groups is 1. The quantitative estimate of drug-likeness (QED) is 0.491. The fourth-order valence-electron chi connectivity index (χ4n) is 2.30. The van der Waals surface area contributed by atoms with Gasteiger partial charge in [-0.05, 0) is 25.5 Å². The van der Waals surface area contributed by atoms with Gasteiger partial charge in [0.1, 0.15) is 5.69 Å². The fraction of sp³-hybridized carbons (Fsp3) is 0.462. The molecule has 1 heterocycles. The Labute approximate surface area is 122 Å². The first kappa shape index (κ1) is 15.2. The smallest absolute Gasteiger partial charge is 0.294 e. The first-order chi connectivity index (χ1) is 10.0. The minimum Gasteiger partial charge on any atom is -0.377 e. The van der Waals surface area contributed by atoms with Crippen LogP contribution < -0.4 is 11.3 Å². The molecule has 1 amide bonds. The zero-order chi connectivity index (χ0) is 15.4. The molecular formula is C13H18N4O4. The van der Waals surface area contributed by atoms with E-state index in [0.717, 1.165) is 6.42 Å². The fourth-order valence-corrected chi connectivity index (χ4v) is 2.30. The largest absolute Gasteiger partial charge is 0.377 e. The Kier molecular flexibility index (Phi) is 4.71. The van der Waals surface area contributed by atoms with E-state index in [1.54, 1.807) is 4.90 Å². The van der Waals surface area contributed by atoms with Crippen LogP contribution in [0.4, 0.5) is 11.4 Å². The lowest BCUT2D eigenvalue weighted by Crippen LogP contribution is -2.35. The molecule has 0 spiro atoms. The lowest BCUT2D eigenvalue weighted by atomic mass is 10.1. The molecule has 1 aromatic carbocycles. The van der Waals surface area contributed by atoms with Crippen molar-refractivity contribution in [2.75, 3.05) is 25.1 Å². The van der Waals surface area contributed by atoms with Crippen molar-refractivity contribution in [3.05, 3.63) is 33.9 Å². The Morgan fingerprint density at radius 3 is 3.00 bits per heavy atom. The lowest BCUT2D eigenvalue weighted by molar-refractivity contribution is -0.384. The molecule has 114 valence electrons. The molecule has 1 aliphatic heterocycles. The Bertz CT molecular complexity index is 549. The van der Waals surface area contributed by atoms with Crippen molar-refractivity contribution >= 4 is 17.3 Å². The predicted molar refractivity (Wildman–Crippen MR) is 76.8 cm³/mol. The molecule has 0 aliphatic carbocycles. The van der Waals surface area contributed by atoms with Crippen LogP contribution in [-0.2, 0) is 4.74 Å². The van der Waals surface area contributed by atoms with E-state index < -0.39 is 4.92 Å². The van der Waals surface area contributed by atoms with E-state index in [0.29, 0.717) is 19.7 Å². The number of nitrogens with one attached hydrogen (secondary N) is 1. The van der Waals surface area contributed by atoms with E-state index in [2.05, 4.69) is 5.43 Å². The number of amides is 1. The van der Waals surface area contributed by atoms with Gasteiger partial charge in [0.05, 0.1) is 11.0 Å². The second kappa shape index (κ2) is 6.51. The highest BCUT2D eigenvalue weighted by atomic mass is 16.6. The number of nitro benzene ring substituents is 1. The highest BCUT2D eigenvalue weighted by Gasteiger charge is 2.23. The Balaban J connectivity index is 2.26. The van der Waals surface area contributed by atoms with E-state index in [1.165, 1.54) is 18.2 Å². The molecule has 1 saturated heterocycles. The molecule has 3 N–H and O–H groups in total. The third kappa shape index (κ3) is 3.47. The molecule has 1 atom stereocenters. The molecule has 0 aromatic heterocycles. The highest BCUT2D eigenvalue weighted by molar-refractivity contribution is 5.95. The molecule has 21 heavy (non-hydrogen) atoms. The second-order valence-electron chi connectivity index (χ2n) is 4.92. The summed E-state index contributed by atoms with van der Waals surface area (Å²) in [6.45, 7) is 3.56. The van der Waals surface area contributed by atoms with Gasteiger partial charge in [0.15, 0.2) is 0 Å². The molecular weight excluding hydrogens is 276 g/mol. The number of carbonyl (C=O) groups is 1. The Hall–Kier alpha value is -2.19. The number of rotatable bonds is 3. The van der Waals surface area contributed by atoms with E-state index in [9.17, 15) is 14.9 Å². The van der Waals surface area contributed by atoms with Gasteiger partial charge in [-0.2, -0.15) is 0 Å². The summed E-state index contributed by atoms with van der Waals surface area (Å²) in [5.74, 6) is 4.99. The normalized spacial score (nSPS) is 19.0. The summed E-state index contributed by atoms with van der Waals surface area (Å²) in [7, 11) is 0. The van der Waals surface area contributed by atoms with Crippen molar-refractivity contribution in [2.24, 2.45) is 5.84 Å². The van der Waals surface area contributed by atoms with Crippen molar-refractivity contribution in [1.82, 2.24) is 4.90 Å². The van der Waals surface area contributed by atoms with E-state index in [1.807, 2.05) is 6.92 Å². The van der Waals surface area contributed by atoms with Gasteiger partial charge < -0.3 is 15.1 Å². The topological polar surface area (TPSA) is 111 Å². The van der Waals surface area contributed by atoms with E-state index >= 15 is 0 Å².